The van der Waals surface area contributed by atoms with Gasteiger partial charge in [0, 0.05) is 24.2 Å². The molecule has 0 bridgehead atoms. The number of carbonyl (C=O) groups excluding carboxylic acids is 5. The van der Waals surface area contributed by atoms with Crippen LogP contribution in [0.2, 0.25) is 0 Å². The third-order valence-corrected chi connectivity index (χ3v) is 5.62. The molecule has 0 unspecified atom stereocenters. The van der Waals surface area contributed by atoms with E-state index in [2.05, 4.69) is 16.0 Å². The van der Waals surface area contributed by atoms with Crippen LogP contribution in [0.1, 0.15) is 37.7 Å². The fourth-order valence-corrected chi connectivity index (χ4v) is 3.98. The van der Waals surface area contributed by atoms with E-state index in [1.807, 2.05) is 0 Å². The lowest BCUT2D eigenvalue weighted by atomic mass is 10.1. The second-order valence-electron chi connectivity index (χ2n) is 7.88. The van der Waals surface area contributed by atoms with Gasteiger partial charge in [0.25, 0.3) is 0 Å². The standard InChI is InChI=1S/C21H27N5O6/c22-17(28)10-15(25-19(30)14-7-8-18(29)23-14)21(32)26-9-3-6-16(26)20(31)24-13-5-2-1-4-12(13)11-27/h1-2,4-5,14-16,27H,3,6-11H2,(H2,22,28)(H,23,29)(H,24,31)(H,25,30)/t14-,15-,16-/m0/s1. The van der Waals surface area contributed by atoms with E-state index in [0.717, 1.165) is 0 Å². The van der Waals surface area contributed by atoms with Crippen LogP contribution in [-0.4, -0.2) is 64.2 Å². The monoisotopic (exact) mass is 445 g/mol. The number of aliphatic hydroxyl groups excluding tert-OH is 1. The number of aliphatic hydroxyl groups is 1. The third-order valence-electron chi connectivity index (χ3n) is 5.62. The molecule has 11 nitrogen and oxygen atoms in total. The molecule has 2 aliphatic rings. The summed E-state index contributed by atoms with van der Waals surface area (Å²) >= 11 is 0. The summed E-state index contributed by atoms with van der Waals surface area (Å²) in [4.78, 5) is 62.8. The SMILES string of the molecule is NC(=O)C[C@H](NC(=O)[C@@H]1CCC(=O)N1)C(=O)N1CCC[C@H]1C(=O)Nc1ccccc1CO. The third kappa shape index (κ3) is 5.41. The summed E-state index contributed by atoms with van der Waals surface area (Å²) in [7, 11) is 0. The quantitative estimate of drug-likeness (QED) is 0.334. The van der Waals surface area contributed by atoms with E-state index in [0.29, 0.717) is 30.5 Å². The molecule has 2 fully saturated rings. The number of benzene rings is 1. The highest BCUT2D eigenvalue weighted by Gasteiger charge is 2.39. The molecular formula is C21H27N5O6. The Morgan fingerprint density at radius 1 is 1.19 bits per heavy atom. The van der Waals surface area contributed by atoms with Gasteiger partial charge in [-0.3, -0.25) is 24.0 Å². The molecule has 3 atom stereocenters. The summed E-state index contributed by atoms with van der Waals surface area (Å²) in [5, 5.41) is 17.2. The van der Waals surface area contributed by atoms with Crippen molar-refractivity contribution in [1.29, 1.82) is 0 Å². The fraction of sp³-hybridized carbons (Fsp3) is 0.476. The Balaban J connectivity index is 1.71. The van der Waals surface area contributed by atoms with Gasteiger partial charge in [-0.2, -0.15) is 0 Å². The Hall–Kier alpha value is -3.47. The lowest BCUT2D eigenvalue weighted by Crippen LogP contribution is -2.56. The predicted octanol–water partition coefficient (Wildman–Crippen LogP) is -1.25. The Bertz CT molecular complexity index is 920. The van der Waals surface area contributed by atoms with Crippen LogP contribution < -0.4 is 21.7 Å². The van der Waals surface area contributed by atoms with Gasteiger partial charge >= 0.3 is 0 Å². The summed E-state index contributed by atoms with van der Waals surface area (Å²) in [6.45, 7) is 0.0258. The lowest BCUT2D eigenvalue weighted by molar-refractivity contribution is -0.141. The first-order valence-corrected chi connectivity index (χ1v) is 10.5. The molecule has 6 N–H and O–H groups in total. The van der Waals surface area contributed by atoms with Crippen molar-refractivity contribution < 1.29 is 29.1 Å². The number of amides is 5. The maximum atomic E-state index is 13.2. The van der Waals surface area contributed by atoms with Gasteiger partial charge in [0.1, 0.15) is 18.1 Å². The van der Waals surface area contributed by atoms with Crippen molar-refractivity contribution in [2.45, 2.75) is 56.8 Å². The van der Waals surface area contributed by atoms with Crippen LogP contribution in [0.15, 0.2) is 24.3 Å². The van der Waals surface area contributed by atoms with Gasteiger partial charge in [0.15, 0.2) is 0 Å². The lowest BCUT2D eigenvalue weighted by Gasteiger charge is -2.29. The summed E-state index contributed by atoms with van der Waals surface area (Å²) < 4.78 is 0. The summed E-state index contributed by atoms with van der Waals surface area (Å²) in [5.74, 6) is -2.63. The number of nitrogens with one attached hydrogen (secondary N) is 3. The Morgan fingerprint density at radius 3 is 2.59 bits per heavy atom. The number of nitrogens with two attached hydrogens (primary N) is 1. The van der Waals surface area contributed by atoms with Crippen molar-refractivity contribution in [2.24, 2.45) is 5.73 Å². The van der Waals surface area contributed by atoms with Gasteiger partial charge in [-0.1, -0.05) is 18.2 Å². The van der Waals surface area contributed by atoms with Crippen molar-refractivity contribution in [3.8, 4) is 0 Å². The van der Waals surface area contributed by atoms with Crippen LogP contribution >= 0.6 is 0 Å². The minimum absolute atomic E-state index is 0.205. The first-order chi connectivity index (χ1) is 15.3. The van der Waals surface area contributed by atoms with E-state index in [4.69, 9.17) is 5.73 Å². The molecule has 0 aliphatic carbocycles. The molecule has 2 aliphatic heterocycles. The first-order valence-electron chi connectivity index (χ1n) is 10.5. The number of rotatable bonds is 8. The highest BCUT2D eigenvalue weighted by Crippen LogP contribution is 2.22. The molecule has 3 rings (SSSR count). The molecule has 5 amide bonds. The van der Waals surface area contributed by atoms with Crippen LogP contribution in [0.5, 0.6) is 0 Å². The molecule has 0 aromatic heterocycles. The maximum absolute atomic E-state index is 13.2. The summed E-state index contributed by atoms with van der Waals surface area (Å²) in [6.07, 6.45) is 1.05. The zero-order valence-corrected chi connectivity index (χ0v) is 17.5. The van der Waals surface area contributed by atoms with Gasteiger partial charge in [-0.05, 0) is 25.3 Å². The summed E-state index contributed by atoms with van der Waals surface area (Å²) in [6, 6.07) is 3.95. The van der Waals surface area contributed by atoms with Crippen LogP contribution in [0.25, 0.3) is 0 Å². The summed E-state index contributed by atoms with van der Waals surface area (Å²) in [5.41, 5.74) is 6.26. The van der Waals surface area contributed by atoms with Gasteiger partial charge in [-0.15, -0.1) is 0 Å². The number of anilines is 1. The normalized spacial score (nSPS) is 21.0. The molecule has 11 heteroatoms. The molecule has 1 aromatic carbocycles. The second-order valence-corrected chi connectivity index (χ2v) is 7.88. The largest absolute Gasteiger partial charge is 0.392 e. The molecule has 2 saturated heterocycles. The first kappa shape index (κ1) is 23.2. The highest BCUT2D eigenvalue weighted by atomic mass is 16.3. The maximum Gasteiger partial charge on any atom is 0.247 e. The van der Waals surface area contributed by atoms with Crippen molar-refractivity contribution in [3.63, 3.8) is 0 Å². The predicted molar refractivity (Wildman–Crippen MR) is 113 cm³/mol. The number of hydrogen-bond acceptors (Lipinski definition) is 6. The minimum atomic E-state index is -1.24. The number of likely N-dealkylation sites (tertiary alicyclic amines) is 1. The average molecular weight is 445 g/mol. The van der Waals surface area contributed by atoms with E-state index in [1.165, 1.54) is 4.90 Å². The number of primary amides is 1. The van der Waals surface area contributed by atoms with E-state index in [9.17, 15) is 29.1 Å². The van der Waals surface area contributed by atoms with Crippen LogP contribution in [0.3, 0.4) is 0 Å². The fourth-order valence-electron chi connectivity index (χ4n) is 3.98. The van der Waals surface area contributed by atoms with Gasteiger partial charge in [-0.25, -0.2) is 0 Å². The number of hydrogen-bond donors (Lipinski definition) is 5. The molecule has 2 heterocycles. The molecule has 0 saturated carbocycles. The number of para-hydroxylation sites is 1. The van der Waals surface area contributed by atoms with Gasteiger partial charge < -0.3 is 31.7 Å². The number of nitrogens with zero attached hydrogens (tertiary/aromatic N) is 1. The Morgan fingerprint density at radius 2 is 1.94 bits per heavy atom. The number of carbonyl (C=O) groups is 5. The highest BCUT2D eigenvalue weighted by molar-refractivity contribution is 6.00. The topological polar surface area (TPSA) is 171 Å². The van der Waals surface area contributed by atoms with Crippen molar-refractivity contribution >= 4 is 35.2 Å². The molecule has 1 aromatic rings. The van der Waals surface area contributed by atoms with Crippen molar-refractivity contribution in [2.75, 3.05) is 11.9 Å². The smallest absolute Gasteiger partial charge is 0.247 e. The van der Waals surface area contributed by atoms with Crippen LogP contribution in [0.4, 0.5) is 5.69 Å². The Kier molecular flexibility index (Phi) is 7.41. The van der Waals surface area contributed by atoms with Gasteiger partial charge in [0.05, 0.1) is 13.0 Å². The minimum Gasteiger partial charge on any atom is -0.392 e. The molecular weight excluding hydrogens is 418 g/mol. The Labute approximate surface area is 184 Å². The van der Waals surface area contributed by atoms with Gasteiger partial charge in [0.2, 0.25) is 29.5 Å². The molecule has 0 spiro atoms. The zero-order valence-electron chi connectivity index (χ0n) is 17.5. The zero-order chi connectivity index (χ0) is 23.3. The van der Waals surface area contributed by atoms with E-state index in [-0.39, 0.29) is 25.5 Å². The van der Waals surface area contributed by atoms with E-state index < -0.39 is 48.2 Å². The molecule has 32 heavy (non-hydrogen) atoms. The average Bonchev–Trinajstić information content (AvgIpc) is 3.42. The second kappa shape index (κ2) is 10.2. The molecule has 172 valence electrons. The van der Waals surface area contributed by atoms with Crippen molar-refractivity contribution in [3.05, 3.63) is 29.8 Å². The molecule has 0 radical (unpaired) electrons. The van der Waals surface area contributed by atoms with E-state index >= 15 is 0 Å². The van der Waals surface area contributed by atoms with Crippen LogP contribution in [-0.2, 0) is 30.6 Å². The van der Waals surface area contributed by atoms with Crippen molar-refractivity contribution in [1.82, 2.24) is 15.5 Å². The van der Waals surface area contributed by atoms with E-state index in [1.54, 1.807) is 24.3 Å². The van der Waals surface area contributed by atoms with Crippen LogP contribution in [0, 0.1) is 0 Å².